The molecule has 1 aliphatic heterocycles. The Morgan fingerprint density at radius 3 is 2.56 bits per heavy atom. The molecule has 2 aromatic rings. The Morgan fingerprint density at radius 1 is 1.12 bits per heavy atom. The van der Waals surface area contributed by atoms with Crippen LogP contribution in [0.3, 0.4) is 0 Å². The fraction of sp³-hybridized carbons (Fsp3) is 0.176. The molecule has 0 aromatic heterocycles. The lowest BCUT2D eigenvalue weighted by atomic mass is 10.1. The van der Waals surface area contributed by atoms with Crippen LogP contribution >= 0.6 is 11.6 Å². The van der Waals surface area contributed by atoms with E-state index in [0.717, 1.165) is 23.1 Å². The van der Waals surface area contributed by atoms with Crippen LogP contribution in [0.25, 0.3) is 0 Å². The number of nitrogens with one attached hydrogen (secondary N) is 1. The minimum atomic E-state index is -0.875. The molecule has 130 valence electrons. The first-order valence-electron chi connectivity index (χ1n) is 7.36. The van der Waals surface area contributed by atoms with Crippen molar-refractivity contribution >= 4 is 34.8 Å². The van der Waals surface area contributed by atoms with Gasteiger partial charge in [-0.15, -0.1) is 0 Å². The van der Waals surface area contributed by atoms with Crippen molar-refractivity contribution in [1.82, 2.24) is 0 Å². The van der Waals surface area contributed by atoms with Crippen molar-refractivity contribution < 1.29 is 22.8 Å². The first-order valence-corrected chi connectivity index (χ1v) is 7.74. The maximum absolute atomic E-state index is 13.8. The Kier molecular flexibility index (Phi) is 4.67. The molecule has 1 N–H and O–H groups in total. The number of hydrogen-bond acceptors (Lipinski definition) is 2. The van der Waals surface area contributed by atoms with Gasteiger partial charge in [-0.2, -0.15) is 0 Å². The van der Waals surface area contributed by atoms with Crippen LogP contribution in [-0.4, -0.2) is 18.4 Å². The normalized spacial score (nSPS) is 17.0. The van der Waals surface area contributed by atoms with Gasteiger partial charge in [0, 0.05) is 24.7 Å². The van der Waals surface area contributed by atoms with E-state index in [0.29, 0.717) is 6.07 Å². The highest BCUT2D eigenvalue weighted by molar-refractivity contribution is 6.31. The number of hydrogen-bond donors (Lipinski definition) is 1. The molecule has 1 saturated heterocycles. The highest BCUT2D eigenvalue weighted by atomic mass is 35.5. The zero-order valence-electron chi connectivity index (χ0n) is 12.7. The molecule has 3 rings (SSSR count). The van der Waals surface area contributed by atoms with Crippen molar-refractivity contribution in [3.8, 4) is 0 Å². The van der Waals surface area contributed by atoms with Crippen LogP contribution in [0.15, 0.2) is 36.4 Å². The summed E-state index contributed by atoms with van der Waals surface area (Å²) in [7, 11) is 0. The predicted molar refractivity (Wildman–Crippen MR) is 86.9 cm³/mol. The van der Waals surface area contributed by atoms with Gasteiger partial charge >= 0.3 is 0 Å². The first kappa shape index (κ1) is 17.3. The Balaban J connectivity index is 1.73. The average molecular weight is 369 g/mol. The Labute approximate surface area is 146 Å². The molecule has 1 fully saturated rings. The van der Waals surface area contributed by atoms with E-state index in [4.69, 9.17) is 11.6 Å². The van der Waals surface area contributed by atoms with Gasteiger partial charge in [0.1, 0.15) is 17.5 Å². The molecule has 0 bridgehead atoms. The van der Waals surface area contributed by atoms with E-state index < -0.39 is 35.2 Å². The van der Waals surface area contributed by atoms with Gasteiger partial charge in [0.15, 0.2) is 0 Å². The summed E-state index contributed by atoms with van der Waals surface area (Å²) in [4.78, 5) is 25.5. The van der Waals surface area contributed by atoms with Crippen molar-refractivity contribution in [2.45, 2.75) is 6.42 Å². The third-order valence-corrected chi connectivity index (χ3v) is 4.17. The van der Waals surface area contributed by atoms with Gasteiger partial charge in [0.25, 0.3) is 0 Å². The molecular weight excluding hydrogens is 357 g/mol. The fourth-order valence-corrected chi connectivity index (χ4v) is 2.81. The molecule has 8 heteroatoms. The van der Waals surface area contributed by atoms with Crippen molar-refractivity contribution in [3.63, 3.8) is 0 Å². The highest BCUT2D eigenvalue weighted by Gasteiger charge is 2.36. The van der Waals surface area contributed by atoms with Gasteiger partial charge in [-0.25, -0.2) is 13.2 Å². The topological polar surface area (TPSA) is 49.4 Å². The molecule has 0 radical (unpaired) electrons. The standard InChI is InChI=1S/C17H12ClF3N2O2/c18-12-7-11(2-3-13(12)20)22-17(25)9-5-16(24)23(8-9)15-4-1-10(19)6-14(15)21/h1-4,6-7,9H,5,8H2,(H,22,25). The van der Waals surface area contributed by atoms with Gasteiger partial charge in [0.05, 0.1) is 16.6 Å². The predicted octanol–water partition coefficient (Wildman–Crippen LogP) is 3.75. The number of nitrogens with zero attached hydrogens (tertiary/aromatic N) is 1. The summed E-state index contributed by atoms with van der Waals surface area (Å²) in [5.74, 6) is -3.88. The second-order valence-electron chi connectivity index (χ2n) is 5.62. The third kappa shape index (κ3) is 3.61. The Hall–Kier alpha value is -2.54. The minimum Gasteiger partial charge on any atom is -0.326 e. The first-order chi connectivity index (χ1) is 11.8. The summed E-state index contributed by atoms with van der Waals surface area (Å²) < 4.78 is 40.0. The molecule has 25 heavy (non-hydrogen) atoms. The third-order valence-electron chi connectivity index (χ3n) is 3.88. The van der Waals surface area contributed by atoms with Crippen LogP contribution in [0, 0.1) is 23.4 Å². The largest absolute Gasteiger partial charge is 0.326 e. The van der Waals surface area contributed by atoms with Crippen molar-refractivity contribution in [2.75, 3.05) is 16.8 Å². The van der Waals surface area contributed by atoms with Crippen molar-refractivity contribution in [3.05, 3.63) is 58.9 Å². The molecule has 0 spiro atoms. The van der Waals surface area contributed by atoms with E-state index in [1.165, 1.54) is 12.1 Å². The van der Waals surface area contributed by atoms with E-state index in [1.807, 2.05) is 0 Å². The average Bonchev–Trinajstić information content (AvgIpc) is 2.93. The second-order valence-corrected chi connectivity index (χ2v) is 6.03. The second kappa shape index (κ2) is 6.76. The van der Waals surface area contributed by atoms with E-state index in [2.05, 4.69) is 5.32 Å². The number of carbonyl (C=O) groups is 2. The number of anilines is 2. The number of benzene rings is 2. The molecule has 1 atom stereocenters. The lowest BCUT2D eigenvalue weighted by Gasteiger charge is -2.17. The molecule has 1 unspecified atom stereocenters. The number of amides is 2. The monoisotopic (exact) mass is 368 g/mol. The molecule has 0 saturated carbocycles. The van der Waals surface area contributed by atoms with Gasteiger partial charge in [0.2, 0.25) is 11.8 Å². The summed E-state index contributed by atoms with van der Waals surface area (Å²) in [6, 6.07) is 6.58. The van der Waals surface area contributed by atoms with Crippen LogP contribution in [-0.2, 0) is 9.59 Å². The Morgan fingerprint density at radius 2 is 1.88 bits per heavy atom. The van der Waals surface area contributed by atoms with Crippen LogP contribution in [0.1, 0.15) is 6.42 Å². The molecule has 2 aromatic carbocycles. The summed E-state index contributed by atoms with van der Waals surface area (Å²) in [5, 5.41) is 2.40. The van der Waals surface area contributed by atoms with Crippen LogP contribution in [0.5, 0.6) is 0 Å². The summed E-state index contributed by atoms with van der Waals surface area (Å²) in [6.07, 6.45) is -0.114. The molecular formula is C17H12ClF3N2O2. The van der Waals surface area contributed by atoms with Crippen LogP contribution in [0.2, 0.25) is 5.02 Å². The van der Waals surface area contributed by atoms with Gasteiger partial charge in [-0.1, -0.05) is 11.6 Å². The summed E-state index contributed by atoms with van der Waals surface area (Å²) in [5.41, 5.74) is 0.210. The van der Waals surface area contributed by atoms with E-state index in [-0.39, 0.29) is 29.4 Å². The zero-order valence-corrected chi connectivity index (χ0v) is 13.5. The number of rotatable bonds is 3. The quantitative estimate of drug-likeness (QED) is 0.897. The highest BCUT2D eigenvalue weighted by Crippen LogP contribution is 2.29. The minimum absolute atomic E-state index is 0.0395. The van der Waals surface area contributed by atoms with Gasteiger partial charge in [-0.3, -0.25) is 9.59 Å². The molecule has 0 aliphatic carbocycles. The smallest absolute Gasteiger partial charge is 0.229 e. The number of halogens is 4. The molecule has 1 heterocycles. The lowest BCUT2D eigenvalue weighted by Crippen LogP contribution is -2.28. The molecule has 4 nitrogen and oxygen atoms in total. The van der Waals surface area contributed by atoms with Crippen molar-refractivity contribution in [1.29, 1.82) is 0 Å². The van der Waals surface area contributed by atoms with Gasteiger partial charge in [-0.05, 0) is 30.3 Å². The molecule has 1 aliphatic rings. The zero-order chi connectivity index (χ0) is 18.1. The SMILES string of the molecule is O=C(Nc1ccc(F)c(Cl)c1)C1CC(=O)N(c2ccc(F)cc2F)C1. The maximum atomic E-state index is 13.8. The maximum Gasteiger partial charge on any atom is 0.229 e. The van der Waals surface area contributed by atoms with Crippen LogP contribution < -0.4 is 10.2 Å². The van der Waals surface area contributed by atoms with E-state index in [9.17, 15) is 22.8 Å². The van der Waals surface area contributed by atoms with Crippen LogP contribution in [0.4, 0.5) is 24.5 Å². The summed E-state index contributed by atoms with van der Waals surface area (Å²) >= 11 is 5.65. The Bertz CT molecular complexity index is 860. The van der Waals surface area contributed by atoms with E-state index >= 15 is 0 Å². The van der Waals surface area contributed by atoms with E-state index in [1.54, 1.807) is 0 Å². The molecule has 2 amide bonds. The fourth-order valence-electron chi connectivity index (χ4n) is 2.63. The lowest BCUT2D eigenvalue weighted by molar-refractivity contribution is -0.122. The van der Waals surface area contributed by atoms with Gasteiger partial charge < -0.3 is 10.2 Å². The summed E-state index contributed by atoms with van der Waals surface area (Å²) in [6.45, 7) is -0.0395. The number of carbonyl (C=O) groups excluding carboxylic acids is 2. The van der Waals surface area contributed by atoms with Crippen molar-refractivity contribution in [2.24, 2.45) is 5.92 Å².